The first-order chi connectivity index (χ1) is 11.5. The van der Waals surface area contributed by atoms with Crippen molar-refractivity contribution < 1.29 is 28.9 Å². The summed E-state index contributed by atoms with van der Waals surface area (Å²) >= 11 is 0. The molecule has 0 bridgehead atoms. The number of carbonyl (C=O) groups excluding carboxylic acids is 2. The molecule has 2 heterocycles. The van der Waals surface area contributed by atoms with Crippen LogP contribution in [-0.2, 0) is 19.0 Å². The Kier molecular flexibility index (Phi) is 7.26. The summed E-state index contributed by atoms with van der Waals surface area (Å²) in [5.74, 6) is -0.307. The molecule has 0 aliphatic carbocycles. The van der Waals surface area contributed by atoms with Crippen LogP contribution in [0.3, 0.4) is 0 Å². The average Bonchev–Trinajstić information content (AvgIpc) is 2.56. The van der Waals surface area contributed by atoms with Gasteiger partial charge in [-0.1, -0.05) is 6.92 Å². The van der Waals surface area contributed by atoms with E-state index in [0.29, 0.717) is 19.4 Å². The molecule has 0 radical (unpaired) electrons. The molecule has 0 spiro atoms. The highest BCUT2D eigenvalue weighted by Crippen LogP contribution is 2.27. The number of hydrogen-bond donors (Lipinski definition) is 2. The lowest BCUT2D eigenvalue weighted by molar-refractivity contribution is -0.159. The van der Waals surface area contributed by atoms with Gasteiger partial charge in [0.2, 0.25) is 0 Å². The van der Waals surface area contributed by atoms with Crippen LogP contribution in [0, 0.1) is 0 Å². The molecule has 24 heavy (non-hydrogen) atoms. The van der Waals surface area contributed by atoms with Gasteiger partial charge in [-0.05, 0) is 19.3 Å². The van der Waals surface area contributed by atoms with Gasteiger partial charge in [0, 0.05) is 6.54 Å². The highest BCUT2D eigenvalue weighted by atomic mass is 16.6. The van der Waals surface area contributed by atoms with E-state index in [1.165, 1.54) is 7.11 Å². The van der Waals surface area contributed by atoms with Crippen molar-refractivity contribution in [3.63, 3.8) is 0 Å². The molecule has 2 rings (SSSR count). The Balaban J connectivity index is 2.05. The Hall–Kier alpha value is -1.38. The molecule has 0 unspecified atom stereocenters. The van der Waals surface area contributed by atoms with Crippen LogP contribution in [0.1, 0.15) is 32.6 Å². The molecule has 2 fully saturated rings. The second-order valence-corrected chi connectivity index (χ2v) is 6.30. The standard InChI is InChI=1S/C16H28N2O6/c1-3-6-17-16(21)18-8-11(19)9-23-10-14-13(18)5-4-12(24-14)7-15(20)22-2/h11-14,19H,3-10H2,1-2H3,(H,17,21)/t11-,12-,13+,14-/m0/s1. The van der Waals surface area contributed by atoms with Gasteiger partial charge in [0.25, 0.3) is 0 Å². The molecule has 2 amide bonds. The number of methoxy groups -OCH3 is 1. The van der Waals surface area contributed by atoms with Crippen LogP contribution in [0.4, 0.5) is 4.79 Å². The van der Waals surface area contributed by atoms with Crippen molar-refractivity contribution in [3.8, 4) is 0 Å². The van der Waals surface area contributed by atoms with E-state index in [1.807, 2.05) is 6.92 Å². The van der Waals surface area contributed by atoms with Crippen LogP contribution >= 0.6 is 0 Å². The monoisotopic (exact) mass is 344 g/mol. The number of nitrogens with one attached hydrogen (secondary N) is 1. The maximum absolute atomic E-state index is 12.5. The molecule has 2 saturated heterocycles. The van der Waals surface area contributed by atoms with Crippen LogP contribution in [0.15, 0.2) is 0 Å². The third-order valence-corrected chi connectivity index (χ3v) is 4.39. The minimum atomic E-state index is -0.717. The maximum Gasteiger partial charge on any atom is 0.317 e. The van der Waals surface area contributed by atoms with Crippen molar-refractivity contribution in [2.75, 3.05) is 33.4 Å². The number of ether oxygens (including phenoxy) is 3. The van der Waals surface area contributed by atoms with E-state index in [4.69, 9.17) is 14.2 Å². The van der Waals surface area contributed by atoms with Crippen LogP contribution < -0.4 is 5.32 Å². The number of urea groups is 1. The fourth-order valence-corrected chi connectivity index (χ4v) is 3.18. The van der Waals surface area contributed by atoms with Crippen molar-refractivity contribution in [1.29, 1.82) is 0 Å². The van der Waals surface area contributed by atoms with Gasteiger partial charge in [-0.2, -0.15) is 0 Å². The number of aliphatic hydroxyl groups excluding tert-OH is 1. The molecule has 0 saturated carbocycles. The smallest absolute Gasteiger partial charge is 0.317 e. The lowest BCUT2D eigenvalue weighted by Crippen LogP contribution is -2.59. The quantitative estimate of drug-likeness (QED) is 0.711. The molecule has 2 aliphatic rings. The molecule has 0 aromatic carbocycles. The van der Waals surface area contributed by atoms with E-state index in [-0.39, 0.29) is 56.4 Å². The highest BCUT2D eigenvalue weighted by molar-refractivity contribution is 5.74. The molecule has 8 heteroatoms. The molecule has 2 aliphatic heterocycles. The van der Waals surface area contributed by atoms with Gasteiger partial charge >= 0.3 is 12.0 Å². The van der Waals surface area contributed by atoms with E-state index in [1.54, 1.807) is 4.90 Å². The molecule has 2 N–H and O–H groups in total. The second-order valence-electron chi connectivity index (χ2n) is 6.30. The van der Waals surface area contributed by atoms with Crippen LogP contribution in [-0.4, -0.2) is 79.8 Å². The Labute approximate surface area is 142 Å². The number of β-amino-alcohol motifs (C(OH)–C–C–N with tert-alkyl or cyclic N) is 1. The molecule has 8 nitrogen and oxygen atoms in total. The van der Waals surface area contributed by atoms with Gasteiger partial charge in [0.05, 0.1) is 51.5 Å². The van der Waals surface area contributed by atoms with Crippen molar-refractivity contribution >= 4 is 12.0 Å². The molecular weight excluding hydrogens is 316 g/mol. The third kappa shape index (κ3) is 5.06. The third-order valence-electron chi connectivity index (χ3n) is 4.39. The predicted octanol–water partition coefficient (Wildman–Crippen LogP) is 0.278. The molecule has 0 aromatic rings. The van der Waals surface area contributed by atoms with Gasteiger partial charge in [-0.3, -0.25) is 4.79 Å². The summed E-state index contributed by atoms with van der Waals surface area (Å²) in [6.45, 7) is 3.23. The first kappa shape index (κ1) is 19.0. The fourth-order valence-electron chi connectivity index (χ4n) is 3.18. The van der Waals surface area contributed by atoms with Crippen molar-refractivity contribution in [2.45, 2.75) is 57.0 Å². The van der Waals surface area contributed by atoms with E-state index >= 15 is 0 Å². The maximum atomic E-state index is 12.5. The molecular formula is C16H28N2O6. The normalized spacial score (nSPS) is 30.7. The number of aliphatic hydroxyl groups is 1. The van der Waals surface area contributed by atoms with Gasteiger partial charge < -0.3 is 29.5 Å². The van der Waals surface area contributed by atoms with Crippen molar-refractivity contribution in [1.82, 2.24) is 10.2 Å². The predicted molar refractivity (Wildman–Crippen MR) is 85.5 cm³/mol. The fraction of sp³-hybridized carbons (Fsp3) is 0.875. The van der Waals surface area contributed by atoms with E-state index in [2.05, 4.69) is 5.32 Å². The minimum Gasteiger partial charge on any atom is -0.469 e. The largest absolute Gasteiger partial charge is 0.469 e. The zero-order chi connectivity index (χ0) is 17.5. The minimum absolute atomic E-state index is 0.159. The van der Waals surface area contributed by atoms with Crippen LogP contribution in [0.5, 0.6) is 0 Å². The van der Waals surface area contributed by atoms with Gasteiger partial charge in [0.1, 0.15) is 6.10 Å². The highest BCUT2D eigenvalue weighted by Gasteiger charge is 2.40. The Morgan fingerprint density at radius 2 is 2.12 bits per heavy atom. The first-order valence-electron chi connectivity index (χ1n) is 8.57. The summed E-state index contributed by atoms with van der Waals surface area (Å²) in [4.78, 5) is 25.6. The average molecular weight is 344 g/mol. The Morgan fingerprint density at radius 1 is 1.33 bits per heavy atom. The number of carbonyl (C=O) groups is 2. The lowest BCUT2D eigenvalue weighted by atomic mass is 9.95. The van der Waals surface area contributed by atoms with Crippen molar-refractivity contribution in [3.05, 3.63) is 0 Å². The molecule has 4 atom stereocenters. The second kappa shape index (κ2) is 9.19. The van der Waals surface area contributed by atoms with Gasteiger partial charge in [0.15, 0.2) is 0 Å². The topological polar surface area (TPSA) is 97.3 Å². The van der Waals surface area contributed by atoms with Crippen LogP contribution in [0.25, 0.3) is 0 Å². The summed E-state index contributed by atoms with van der Waals surface area (Å²) in [7, 11) is 1.36. The number of rotatable bonds is 4. The lowest BCUT2D eigenvalue weighted by Gasteiger charge is -2.44. The Bertz CT molecular complexity index is 433. The summed E-state index contributed by atoms with van der Waals surface area (Å²) in [6, 6.07) is -0.367. The summed E-state index contributed by atoms with van der Waals surface area (Å²) in [5.41, 5.74) is 0. The van der Waals surface area contributed by atoms with Gasteiger partial charge in [-0.15, -0.1) is 0 Å². The number of nitrogens with zero attached hydrogens (tertiary/aromatic N) is 1. The molecule has 138 valence electrons. The summed E-state index contributed by atoms with van der Waals surface area (Å²) < 4.78 is 16.2. The number of esters is 1. The van der Waals surface area contributed by atoms with E-state index in [0.717, 1.165) is 6.42 Å². The number of hydrogen-bond acceptors (Lipinski definition) is 6. The zero-order valence-corrected chi connectivity index (χ0v) is 14.4. The van der Waals surface area contributed by atoms with E-state index in [9.17, 15) is 14.7 Å². The summed E-state index contributed by atoms with van der Waals surface area (Å²) in [5, 5.41) is 12.9. The van der Waals surface area contributed by atoms with Crippen molar-refractivity contribution in [2.24, 2.45) is 0 Å². The Morgan fingerprint density at radius 3 is 2.83 bits per heavy atom. The zero-order valence-electron chi connectivity index (χ0n) is 14.4. The van der Waals surface area contributed by atoms with E-state index < -0.39 is 6.10 Å². The van der Waals surface area contributed by atoms with Gasteiger partial charge in [-0.25, -0.2) is 4.79 Å². The summed E-state index contributed by atoms with van der Waals surface area (Å²) in [6.07, 6.45) is 1.14. The molecule has 0 aromatic heterocycles. The van der Waals surface area contributed by atoms with Crippen LogP contribution in [0.2, 0.25) is 0 Å². The number of fused-ring (bicyclic) bond motifs is 1. The first-order valence-corrected chi connectivity index (χ1v) is 8.57. The SMILES string of the molecule is CCCNC(=O)N1C[C@H](O)COC[C@@H]2O[C@H](CC(=O)OC)CC[C@H]21. The number of amides is 2.